The topological polar surface area (TPSA) is 0 Å². The van der Waals surface area contributed by atoms with Crippen molar-refractivity contribution in [3.8, 4) is 0 Å². The number of hydrogen-bond acceptors (Lipinski definition) is 0. The van der Waals surface area contributed by atoms with Crippen LogP contribution in [0.2, 0.25) is 0 Å². The third kappa shape index (κ3) is 1.90. The molecule has 0 atom stereocenters. The average molecular weight is 355 g/mol. The predicted octanol–water partition coefficient (Wildman–Crippen LogP) is 3.57. The molecule has 0 spiro atoms. The molecule has 0 heterocycles. The molecule has 0 aliphatic heterocycles. The Hall–Kier alpha value is 0.491. The fourth-order valence-electron chi connectivity index (χ4n) is 0.809. The van der Waals surface area contributed by atoms with Gasteiger partial charge in [0, 0.05) is 0 Å². The Kier molecular flexibility index (Phi) is 3.67. The molecule has 1 aliphatic rings. The first-order chi connectivity index (χ1) is 6.67. The van der Waals surface area contributed by atoms with Crippen molar-refractivity contribution in [1.29, 1.82) is 0 Å². The summed E-state index contributed by atoms with van der Waals surface area (Å²) < 4.78 is 96.9. The van der Waals surface area contributed by atoms with Gasteiger partial charge in [0.2, 0.25) is 0 Å². The van der Waals surface area contributed by atoms with Crippen LogP contribution in [0, 0.1) is 45.1 Å². The van der Waals surface area contributed by atoms with E-state index in [2.05, 4.69) is 0 Å². The summed E-state index contributed by atoms with van der Waals surface area (Å²) in [5, 5.41) is 0. The van der Waals surface area contributed by atoms with Gasteiger partial charge in [-0.2, -0.15) is 0 Å². The van der Waals surface area contributed by atoms with E-state index in [9.17, 15) is 30.8 Å². The summed E-state index contributed by atoms with van der Waals surface area (Å²) in [7, 11) is 0. The first-order valence-electron chi connectivity index (χ1n) is 3.13. The molecule has 1 rings (SSSR count). The summed E-state index contributed by atoms with van der Waals surface area (Å²) in [6, 6.07) is 0. The molecule has 0 aromatic heterocycles. The van der Waals surface area contributed by atoms with E-state index in [4.69, 9.17) is 0 Å². The van der Waals surface area contributed by atoms with Gasteiger partial charge in [-0.3, -0.25) is 0 Å². The van der Waals surface area contributed by atoms with Gasteiger partial charge in [-0.1, -0.05) is 0 Å². The summed E-state index contributed by atoms with van der Waals surface area (Å²) in [4.78, 5) is 0. The Morgan fingerprint density at radius 3 is 1.53 bits per heavy atom. The molecule has 0 aromatic carbocycles. The molecule has 0 radical (unpaired) electrons. The number of hydrogen-bond donors (Lipinski definition) is 0. The van der Waals surface area contributed by atoms with Crippen LogP contribution in [-0.2, 0) is 0 Å². The zero-order chi connectivity index (χ0) is 12.0. The molecule has 0 fully saturated rings. The summed E-state index contributed by atoms with van der Waals surface area (Å²) in [5.74, 6) is -19.4. The van der Waals surface area contributed by atoms with Crippen LogP contribution in [0.4, 0.5) is 30.8 Å². The first kappa shape index (κ1) is 13.6. The minimum absolute atomic E-state index is 2.31. The van der Waals surface area contributed by atoms with Crippen molar-refractivity contribution in [2.45, 2.75) is 11.8 Å². The van der Waals surface area contributed by atoms with E-state index in [1.807, 2.05) is 0 Å². The van der Waals surface area contributed by atoms with Crippen LogP contribution in [-0.4, -0.2) is 11.8 Å². The first-order valence-corrected chi connectivity index (χ1v) is 4.91. The molecule has 88 valence electrons. The number of allylic oxidation sites excluding steroid dienone is 4. The second kappa shape index (κ2) is 4.06. The van der Waals surface area contributed by atoms with Gasteiger partial charge in [0.15, 0.2) is 0 Å². The fraction of sp³-hybridized carbons (Fsp3) is 0.333. The van der Waals surface area contributed by atoms with Crippen molar-refractivity contribution in [3.63, 3.8) is 0 Å². The third-order valence-electron chi connectivity index (χ3n) is 1.54. The van der Waals surface area contributed by atoms with Gasteiger partial charge in [0.25, 0.3) is 0 Å². The molecule has 0 saturated heterocycles. The van der Waals surface area contributed by atoms with Crippen molar-refractivity contribution >= 4 is 0 Å². The fourth-order valence-corrected chi connectivity index (χ4v) is 1.75. The summed E-state index contributed by atoms with van der Waals surface area (Å²) >= 11 is -3.14. The molecule has 0 aromatic rings. The van der Waals surface area contributed by atoms with Gasteiger partial charge in [-0.05, 0) is 0 Å². The van der Waals surface area contributed by atoms with E-state index in [1.165, 1.54) is 0 Å². The minimum atomic E-state index is -5.15. The maximum absolute atomic E-state index is 12.6. The van der Waals surface area contributed by atoms with Crippen molar-refractivity contribution < 1.29 is 75.9 Å². The number of alkyl halides is 4. The Morgan fingerprint density at radius 1 is 0.733 bits per heavy atom. The van der Waals surface area contributed by atoms with Crippen LogP contribution >= 0.6 is 0 Å². The molecule has 0 nitrogen and oxygen atoms in total. The monoisotopic (exact) mass is 356 g/mol. The van der Waals surface area contributed by atoms with E-state index in [0.717, 1.165) is 0 Å². The predicted molar refractivity (Wildman–Crippen MR) is 28.4 cm³/mol. The van der Waals surface area contributed by atoms with Crippen LogP contribution in [0.3, 0.4) is 0 Å². The molecule has 0 amide bonds. The van der Waals surface area contributed by atoms with Gasteiger partial charge in [-0.25, -0.2) is 0 Å². The van der Waals surface area contributed by atoms with Crippen molar-refractivity contribution in [2.75, 3.05) is 0 Å². The Bertz CT molecular complexity index is 354. The number of rotatable bonds is 1. The quantitative estimate of drug-likeness (QED) is 0.631. The Labute approximate surface area is 104 Å². The Morgan fingerprint density at radius 2 is 1.13 bits per heavy atom. The van der Waals surface area contributed by atoms with Crippen LogP contribution in [0.5, 0.6) is 0 Å². The van der Waals surface area contributed by atoms with Gasteiger partial charge in [0.1, 0.15) is 0 Å². The molecule has 9 heteroatoms. The summed E-state index contributed by atoms with van der Waals surface area (Å²) in [6.45, 7) is 0. The van der Waals surface area contributed by atoms with Crippen LogP contribution in [0.1, 0.15) is 0 Å². The molecule has 0 unspecified atom stereocenters. The Balaban J connectivity index is 3.47. The van der Waals surface area contributed by atoms with Gasteiger partial charge < -0.3 is 0 Å². The maximum atomic E-state index is 12.6. The van der Waals surface area contributed by atoms with Gasteiger partial charge in [0.05, 0.1) is 0 Å². The van der Waals surface area contributed by atoms with Crippen LogP contribution < -0.4 is 0 Å². The number of halogens is 8. The standard InChI is InChI=1S/C6F8Xe/c7-1-2(8)6(12,13)4(15-14)3(9)5(1,10)11. The molecular formula is C6F8Xe. The molecule has 1 aliphatic carbocycles. The van der Waals surface area contributed by atoms with E-state index in [-0.39, 0.29) is 0 Å². The molecule has 15 heavy (non-hydrogen) atoms. The molecule has 0 saturated carbocycles. The van der Waals surface area contributed by atoms with Crippen molar-refractivity contribution in [3.05, 3.63) is 17.5 Å². The second-order valence-corrected chi connectivity index (χ2v) is 3.85. The van der Waals surface area contributed by atoms with Gasteiger partial charge in [-0.15, -0.1) is 0 Å². The molecular weight excluding hydrogens is 355 g/mol. The van der Waals surface area contributed by atoms with Gasteiger partial charge >= 0.3 is 105 Å². The van der Waals surface area contributed by atoms with Crippen LogP contribution in [0.15, 0.2) is 17.5 Å². The van der Waals surface area contributed by atoms with Crippen molar-refractivity contribution in [2.24, 2.45) is 0 Å². The van der Waals surface area contributed by atoms with E-state index in [1.54, 1.807) is 0 Å². The summed E-state index contributed by atoms with van der Waals surface area (Å²) in [6.07, 6.45) is 0. The summed E-state index contributed by atoms with van der Waals surface area (Å²) in [5.41, 5.74) is 0. The zero-order valence-electron chi connectivity index (χ0n) is 6.38. The van der Waals surface area contributed by atoms with E-state index in [0.29, 0.717) is 0 Å². The molecule has 0 N–H and O–H groups in total. The van der Waals surface area contributed by atoms with E-state index >= 15 is 0 Å². The zero-order valence-corrected chi connectivity index (χ0v) is 8.40. The normalized spacial score (nSPS) is 25.1. The third-order valence-corrected chi connectivity index (χ3v) is 3.00. The van der Waals surface area contributed by atoms with Crippen LogP contribution in [0.25, 0.3) is 0 Å². The molecule has 0 bridgehead atoms. The van der Waals surface area contributed by atoms with E-state index < -0.39 is 74.5 Å². The SMILES string of the molecule is F[Xe]C1=C(F)C(F)(F)C(F)=C(F)C1(F)F. The second-order valence-electron chi connectivity index (χ2n) is 2.46. The van der Waals surface area contributed by atoms with Crippen molar-refractivity contribution in [1.82, 2.24) is 0 Å². The average Bonchev–Trinajstić information content (AvgIpc) is 2.14.